The molecule has 4 nitrogen and oxygen atoms in total. The normalized spacial score (nSPS) is 11.4. The van der Waals surface area contributed by atoms with Gasteiger partial charge in [0.15, 0.2) is 6.61 Å². The molecule has 0 atom stereocenters. The van der Waals surface area contributed by atoms with Crippen LogP contribution in [0.2, 0.25) is 0 Å². The van der Waals surface area contributed by atoms with E-state index in [4.69, 9.17) is 10.00 Å². The molecular weight excluding hydrogens is 307 g/mol. The van der Waals surface area contributed by atoms with Crippen molar-refractivity contribution in [2.45, 2.75) is 6.18 Å². The van der Waals surface area contributed by atoms with Crippen LogP contribution in [0.5, 0.6) is 5.75 Å². The van der Waals surface area contributed by atoms with Crippen LogP contribution in [-0.4, -0.2) is 16.8 Å². The second kappa shape index (κ2) is 5.65. The number of rotatable bonds is 3. The van der Waals surface area contributed by atoms with E-state index in [1.165, 1.54) is 6.20 Å². The summed E-state index contributed by atoms with van der Waals surface area (Å²) >= 11 is 0. The Hall–Kier alpha value is -3.01. The molecule has 2 aromatic carbocycles. The first kappa shape index (κ1) is 14.9. The highest BCUT2D eigenvalue weighted by atomic mass is 19.4. The Morgan fingerprint density at radius 3 is 2.70 bits per heavy atom. The number of fused-ring (bicyclic) bond motifs is 1. The van der Waals surface area contributed by atoms with Crippen LogP contribution in [0.15, 0.2) is 42.6 Å². The third-order valence-electron chi connectivity index (χ3n) is 3.36. The van der Waals surface area contributed by atoms with Crippen molar-refractivity contribution in [3.63, 3.8) is 0 Å². The lowest BCUT2D eigenvalue weighted by molar-refractivity contribution is -0.137. The number of ether oxygens (including phenoxy) is 1. The number of nitrogens with one attached hydrogen (secondary N) is 1. The number of nitrogens with zero attached hydrogens (tertiary/aromatic N) is 2. The van der Waals surface area contributed by atoms with Gasteiger partial charge in [-0.05, 0) is 23.8 Å². The number of aromatic nitrogens is 2. The molecule has 0 saturated carbocycles. The maximum atomic E-state index is 13.1. The van der Waals surface area contributed by atoms with E-state index in [9.17, 15) is 13.2 Å². The van der Waals surface area contributed by atoms with E-state index in [0.29, 0.717) is 22.3 Å². The van der Waals surface area contributed by atoms with Crippen molar-refractivity contribution in [3.8, 4) is 22.9 Å². The Morgan fingerprint density at radius 1 is 1.17 bits per heavy atom. The van der Waals surface area contributed by atoms with E-state index in [1.54, 1.807) is 24.3 Å². The van der Waals surface area contributed by atoms with Gasteiger partial charge in [-0.15, -0.1) is 0 Å². The molecule has 1 N–H and O–H groups in total. The predicted octanol–water partition coefficient (Wildman–Crippen LogP) is 4.15. The standard InChI is InChI=1S/C16H10F3N3O/c17-16(18,19)10-7-12(13-9-21-22-14(13)8-10)11-3-1-2-4-15(11)23-6-5-20/h1-4,7-9H,6H2,(H,21,22). The SMILES string of the molecule is N#CCOc1ccccc1-c1cc(C(F)(F)F)cc2[nH]ncc12. The van der Waals surface area contributed by atoms with Crippen LogP contribution in [0.4, 0.5) is 13.2 Å². The van der Waals surface area contributed by atoms with Gasteiger partial charge in [0.1, 0.15) is 11.8 Å². The summed E-state index contributed by atoms with van der Waals surface area (Å²) in [4.78, 5) is 0. The third kappa shape index (κ3) is 2.83. The quantitative estimate of drug-likeness (QED) is 0.789. The van der Waals surface area contributed by atoms with E-state index < -0.39 is 11.7 Å². The fourth-order valence-electron chi connectivity index (χ4n) is 2.36. The molecule has 0 amide bonds. The molecule has 0 saturated heterocycles. The molecule has 3 rings (SSSR count). The van der Waals surface area contributed by atoms with E-state index in [2.05, 4.69) is 10.2 Å². The predicted molar refractivity (Wildman–Crippen MR) is 77.6 cm³/mol. The molecule has 0 bridgehead atoms. The zero-order chi connectivity index (χ0) is 16.4. The zero-order valence-electron chi connectivity index (χ0n) is 11.7. The highest BCUT2D eigenvalue weighted by Gasteiger charge is 2.32. The van der Waals surface area contributed by atoms with E-state index in [-0.39, 0.29) is 12.1 Å². The molecule has 1 aromatic heterocycles. The summed E-state index contributed by atoms with van der Waals surface area (Å²) in [7, 11) is 0. The lowest BCUT2D eigenvalue weighted by Gasteiger charge is -2.13. The minimum atomic E-state index is -4.48. The van der Waals surface area contributed by atoms with Gasteiger partial charge in [0.25, 0.3) is 0 Å². The van der Waals surface area contributed by atoms with Crippen molar-refractivity contribution in [2.24, 2.45) is 0 Å². The largest absolute Gasteiger partial charge is 0.478 e. The first-order chi connectivity index (χ1) is 11.0. The molecule has 116 valence electrons. The zero-order valence-corrected chi connectivity index (χ0v) is 11.7. The molecule has 0 unspecified atom stereocenters. The van der Waals surface area contributed by atoms with Crippen LogP contribution in [0.25, 0.3) is 22.0 Å². The fourth-order valence-corrected chi connectivity index (χ4v) is 2.36. The van der Waals surface area contributed by atoms with Gasteiger partial charge in [-0.3, -0.25) is 5.10 Å². The molecule has 0 fully saturated rings. The van der Waals surface area contributed by atoms with Gasteiger partial charge in [0.05, 0.1) is 17.3 Å². The summed E-state index contributed by atoms with van der Waals surface area (Å²) in [5, 5.41) is 15.6. The summed E-state index contributed by atoms with van der Waals surface area (Å²) < 4.78 is 44.7. The number of hydrogen-bond acceptors (Lipinski definition) is 3. The minimum absolute atomic E-state index is 0.190. The van der Waals surface area contributed by atoms with Gasteiger partial charge in [0, 0.05) is 10.9 Å². The smallest absolute Gasteiger partial charge is 0.416 e. The number of alkyl halides is 3. The molecule has 7 heteroatoms. The summed E-state index contributed by atoms with van der Waals surface area (Å²) in [5.41, 5.74) is 0.321. The first-order valence-electron chi connectivity index (χ1n) is 6.64. The summed E-state index contributed by atoms with van der Waals surface area (Å²) in [6, 6.07) is 10.6. The maximum Gasteiger partial charge on any atom is 0.416 e. The lowest BCUT2D eigenvalue weighted by atomic mass is 9.98. The van der Waals surface area contributed by atoms with Crippen molar-refractivity contribution in [1.82, 2.24) is 10.2 Å². The van der Waals surface area contributed by atoms with Gasteiger partial charge >= 0.3 is 6.18 Å². The topological polar surface area (TPSA) is 61.7 Å². The number of halogens is 3. The average molecular weight is 317 g/mol. The van der Waals surface area contributed by atoms with Gasteiger partial charge in [-0.2, -0.15) is 23.5 Å². The van der Waals surface area contributed by atoms with Crippen molar-refractivity contribution < 1.29 is 17.9 Å². The van der Waals surface area contributed by atoms with Crippen LogP contribution < -0.4 is 4.74 Å². The summed E-state index contributed by atoms with van der Waals surface area (Å²) in [6.45, 7) is -0.190. The van der Waals surface area contributed by atoms with E-state index >= 15 is 0 Å². The number of benzene rings is 2. The summed E-state index contributed by atoms with van der Waals surface area (Å²) in [6.07, 6.45) is -3.01. The summed E-state index contributed by atoms with van der Waals surface area (Å²) in [5.74, 6) is 0.343. The van der Waals surface area contributed by atoms with Crippen molar-refractivity contribution in [3.05, 3.63) is 48.2 Å². The molecule has 3 aromatic rings. The second-order valence-electron chi connectivity index (χ2n) is 4.80. The van der Waals surface area contributed by atoms with Crippen LogP contribution in [0, 0.1) is 11.3 Å². The Morgan fingerprint density at radius 2 is 1.96 bits per heavy atom. The molecule has 0 aliphatic heterocycles. The lowest BCUT2D eigenvalue weighted by Crippen LogP contribution is -2.05. The van der Waals surface area contributed by atoms with Gasteiger partial charge in [0.2, 0.25) is 0 Å². The van der Waals surface area contributed by atoms with Crippen molar-refractivity contribution in [2.75, 3.05) is 6.61 Å². The minimum Gasteiger partial charge on any atom is -0.478 e. The fraction of sp³-hybridized carbons (Fsp3) is 0.125. The second-order valence-corrected chi connectivity index (χ2v) is 4.80. The first-order valence-corrected chi connectivity index (χ1v) is 6.64. The maximum absolute atomic E-state index is 13.1. The Bertz CT molecular complexity index is 893. The van der Waals surface area contributed by atoms with Gasteiger partial charge in [-0.25, -0.2) is 0 Å². The number of hydrogen-bond donors (Lipinski definition) is 1. The molecule has 1 heterocycles. The average Bonchev–Trinajstić information content (AvgIpc) is 3.00. The van der Waals surface area contributed by atoms with E-state index in [0.717, 1.165) is 12.1 Å². The van der Waals surface area contributed by atoms with Crippen LogP contribution in [0.1, 0.15) is 5.56 Å². The van der Waals surface area contributed by atoms with Crippen LogP contribution in [-0.2, 0) is 6.18 Å². The number of H-pyrrole nitrogens is 1. The molecule has 0 aliphatic rings. The van der Waals surface area contributed by atoms with Crippen LogP contribution in [0.3, 0.4) is 0 Å². The van der Waals surface area contributed by atoms with Crippen molar-refractivity contribution >= 4 is 10.9 Å². The van der Waals surface area contributed by atoms with Crippen molar-refractivity contribution in [1.29, 1.82) is 5.26 Å². The number of aromatic amines is 1. The van der Waals surface area contributed by atoms with Crippen LogP contribution >= 0.6 is 0 Å². The molecule has 0 spiro atoms. The highest BCUT2D eigenvalue weighted by molar-refractivity contribution is 5.96. The monoisotopic (exact) mass is 317 g/mol. The number of nitriles is 1. The number of para-hydroxylation sites is 1. The Labute approximate surface area is 129 Å². The Kier molecular flexibility index (Phi) is 3.66. The third-order valence-corrected chi connectivity index (χ3v) is 3.36. The molecule has 23 heavy (non-hydrogen) atoms. The highest BCUT2D eigenvalue weighted by Crippen LogP contribution is 2.39. The molecule has 0 radical (unpaired) electrons. The van der Waals surface area contributed by atoms with E-state index in [1.807, 2.05) is 6.07 Å². The molecule has 0 aliphatic carbocycles. The Balaban J connectivity index is 2.24. The van der Waals surface area contributed by atoms with Gasteiger partial charge < -0.3 is 4.74 Å². The molecular formula is C16H10F3N3O. The van der Waals surface area contributed by atoms with Gasteiger partial charge in [-0.1, -0.05) is 18.2 Å².